The first-order valence-electron chi connectivity index (χ1n) is 5.82. The van der Waals surface area contributed by atoms with Gasteiger partial charge in [-0.2, -0.15) is 0 Å². The standard InChI is InChI=1S/C13H18N2S2/c1-3-10-4-5-11(17-10)8-12(15-14)13-9(2)6-7-16-13/h4-7,12,15H,3,8,14H2,1-2H3. The number of nitrogens with one attached hydrogen (secondary N) is 1. The number of thiophene rings is 2. The Morgan fingerprint density at radius 2 is 2.06 bits per heavy atom. The summed E-state index contributed by atoms with van der Waals surface area (Å²) in [6.07, 6.45) is 2.09. The van der Waals surface area contributed by atoms with Gasteiger partial charge in [0.2, 0.25) is 0 Å². The molecule has 92 valence electrons. The minimum atomic E-state index is 0.235. The average Bonchev–Trinajstić information content (AvgIpc) is 2.95. The lowest BCUT2D eigenvalue weighted by Gasteiger charge is -2.14. The number of nitrogens with two attached hydrogens (primary N) is 1. The Kier molecular flexibility index (Phi) is 4.34. The first kappa shape index (κ1) is 12.8. The van der Waals surface area contributed by atoms with Crippen LogP contribution in [0.4, 0.5) is 0 Å². The molecule has 0 saturated carbocycles. The zero-order chi connectivity index (χ0) is 12.3. The molecule has 2 nitrogen and oxygen atoms in total. The maximum atomic E-state index is 5.68. The van der Waals surface area contributed by atoms with Gasteiger partial charge in [-0.1, -0.05) is 6.92 Å². The first-order valence-corrected chi connectivity index (χ1v) is 7.52. The molecule has 2 aromatic rings. The summed E-state index contributed by atoms with van der Waals surface area (Å²) in [6, 6.07) is 6.82. The summed E-state index contributed by atoms with van der Waals surface area (Å²) in [5.74, 6) is 5.68. The van der Waals surface area contributed by atoms with Crippen LogP contribution < -0.4 is 11.3 Å². The highest BCUT2D eigenvalue weighted by atomic mass is 32.1. The molecule has 1 unspecified atom stereocenters. The molecule has 0 aliphatic heterocycles. The van der Waals surface area contributed by atoms with Crippen molar-refractivity contribution in [3.05, 3.63) is 43.8 Å². The maximum absolute atomic E-state index is 5.68. The van der Waals surface area contributed by atoms with Crippen molar-refractivity contribution in [2.24, 2.45) is 5.84 Å². The van der Waals surface area contributed by atoms with Gasteiger partial charge < -0.3 is 0 Å². The molecule has 17 heavy (non-hydrogen) atoms. The molecule has 0 fully saturated rings. The minimum Gasteiger partial charge on any atom is -0.271 e. The van der Waals surface area contributed by atoms with Crippen LogP contribution in [0.2, 0.25) is 0 Å². The van der Waals surface area contributed by atoms with Gasteiger partial charge >= 0.3 is 0 Å². The van der Waals surface area contributed by atoms with Gasteiger partial charge in [0.15, 0.2) is 0 Å². The molecule has 3 N–H and O–H groups in total. The monoisotopic (exact) mass is 266 g/mol. The Morgan fingerprint density at radius 3 is 2.59 bits per heavy atom. The summed E-state index contributed by atoms with van der Waals surface area (Å²) < 4.78 is 0. The van der Waals surface area contributed by atoms with Crippen LogP contribution in [0.1, 0.15) is 33.2 Å². The Hall–Kier alpha value is -0.680. The molecule has 0 aliphatic rings. The van der Waals surface area contributed by atoms with E-state index in [-0.39, 0.29) is 6.04 Å². The summed E-state index contributed by atoms with van der Waals surface area (Å²) in [4.78, 5) is 4.19. The Labute approximate surface area is 110 Å². The quantitative estimate of drug-likeness (QED) is 0.643. The van der Waals surface area contributed by atoms with E-state index >= 15 is 0 Å². The number of aryl methyl sites for hydroxylation is 2. The van der Waals surface area contributed by atoms with Crippen molar-refractivity contribution in [1.29, 1.82) is 0 Å². The molecule has 0 amide bonds. The molecule has 0 spiro atoms. The molecule has 0 radical (unpaired) electrons. The highest BCUT2D eigenvalue weighted by Gasteiger charge is 2.15. The van der Waals surface area contributed by atoms with Crippen LogP contribution in [0.25, 0.3) is 0 Å². The fourth-order valence-corrected chi connectivity index (χ4v) is 3.88. The third-order valence-electron chi connectivity index (χ3n) is 2.89. The molecule has 0 saturated heterocycles. The fraction of sp³-hybridized carbons (Fsp3) is 0.385. The fourth-order valence-electron chi connectivity index (χ4n) is 1.89. The smallest absolute Gasteiger partial charge is 0.0604 e. The third kappa shape index (κ3) is 2.96. The van der Waals surface area contributed by atoms with E-state index in [0.717, 1.165) is 12.8 Å². The second kappa shape index (κ2) is 5.78. The van der Waals surface area contributed by atoms with Crippen LogP contribution in [-0.4, -0.2) is 0 Å². The van der Waals surface area contributed by atoms with E-state index in [0.29, 0.717) is 0 Å². The van der Waals surface area contributed by atoms with Gasteiger partial charge in [-0.25, -0.2) is 0 Å². The van der Waals surface area contributed by atoms with Crippen molar-refractivity contribution in [2.75, 3.05) is 0 Å². The number of hydrazine groups is 1. The second-order valence-electron chi connectivity index (χ2n) is 4.11. The largest absolute Gasteiger partial charge is 0.271 e. The number of rotatable bonds is 5. The minimum absolute atomic E-state index is 0.235. The third-order valence-corrected chi connectivity index (χ3v) is 5.27. The van der Waals surface area contributed by atoms with Crippen LogP contribution in [0.15, 0.2) is 23.6 Å². The van der Waals surface area contributed by atoms with Crippen molar-refractivity contribution in [3.8, 4) is 0 Å². The normalized spacial score (nSPS) is 12.9. The van der Waals surface area contributed by atoms with Gasteiger partial charge in [0.25, 0.3) is 0 Å². The van der Waals surface area contributed by atoms with Crippen LogP contribution >= 0.6 is 22.7 Å². The lowest BCUT2D eigenvalue weighted by Crippen LogP contribution is -2.29. The van der Waals surface area contributed by atoms with Gasteiger partial charge in [0.05, 0.1) is 6.04 Å². The van der Waals surface area contributed by atoms with Crippen molar-refractivity contribution in [2.45, 2.75) is 32.7 Å². The van der Waals surface area contributed by atoms with E-state index in [2.05, 4.69) is 42.9 Å². The van der Waals surface area contributed by atoms with Crippen LogP contribution in [0.3, 0.4) is 0 Å². The molecule has 0 aliphatic carbocycles. The highest BCUT2D eigenvalue weighted by molar-refractivity contribution is 7.12. The zero-order valence-corrected chi connectivity index (χ0v) is 11.8. The van der Waals surface area contributed by atoms with E-state index in [4.69, 9.17) is 5.84 Å². The van der Waals surface area contributed by atoms with E-state index in [1.807, 2.05) is 11.3 Å². The van der Waals surface area contributed by atoms with Crippen molar-refractivity contribution >= 4 is 22.7 Å². The Balaban J connectivity index is 2.12. The van der Waals surface area contributed by atoms with Gasteiger partial charge in [0.1, 0.15) is 0 Å². The summed E-state index contributed by atoms with van der Waals surface area (Å²) >= 11 is 3.66. The molecule has 4 heteroatoms. The molecular formula is C13H18N2S2. The highest BCUT2D eigenvalue weighted by Crippen LogP contribution is 2.28. The molecule has 2 aromatic heterocycles. The van der Waals surface area contributed by atoms with E-state index < -0.39 is 0 Å². The molecule has 1 atom stereocenters. The lowest BCUT2D eigenvalue weighted by atomic mass is 10.1. The average molecular weight is 266 g/mol. The molecule has 0 bridgehead atoms. The zero-order valence-electron chi connectivity index (χ0n) is 10.2. The van der Waals surface area contributed by atoms with E-state index in [1.54, 1.807) is 11.3 Å². The summed E-state index contributed by atoms with van der Waals surface area (Å²) in [5, 5.41) is 2.13. The molecule has 0 aromatic carbocycles. The SMILES string of the molecule is CCc1ccc(CC(NN)c2sccc2C)s1. The van der Waals surface area contributed by atoms with Gasteiger partial charge in [0, 0.05) is 21.1 Å². The molecule has 2 rings (SSSR count). The lowest BCUT2D eigenvalue weighted by molar-refractivity contribution is 0.562. The number of hydrogen-bond donors (Lipinski definition) is 2. The van der Waals surface area contributed by atoms with Gasteiger partial charge in [-0.3, -0.25) is 11.3 Å². The summed E-state index contributed by atoms with van der Waals surface area (Å²) in [6.45, 7) is 4.33. The summed E-state index contributed by atoms with van der Waals surface area (Å²) in [5.41, 5.74) is 4.26. The van der Waals surface area contributed by atoms with Crippen LogP contribution in [0.5, 0.6) is 0 Å². The maximum Gasteiger partial charge on any atom is 0.0604 e. The predicted octanol–water partition coefficient (Wildman–Crippen LogP) is 3.43. The number of hydrogen-bond acceptors (Lipinski definition) is 4. The van der Waals surface area contributed by atoms with Crippen molar-refractivity contribution < 1.29 is 0 Å². The van der Waals surface area contributed by atoms with Gasteiger partial charge in [-0.05, 0) is 42.5 Å². The molecular weight excluding hydrogens is 248 g/mol. The topological polar surface area (TPSA) is 38.0 Å². The summed E-state index contributed by atoms with van der Waals surface area (Å²) in [7, 11) is 0. The van der Waals surface area contributed by atoms with E-state index in [9.17, 15) is 0 Å². The van der Waals surface area contributed by atoms with E-state index in [1.165, 1.54) is 20.2 Å². The van der Waals surface area contributed by atoms with Crippen LogP contribution in [-0.2, 0) is 12.8 Å². The predicted molar refractivity (Wildman–Crippen MR) is 76.5 cm³/mol. The van der Waals surface area contributed by atoms with Crippen molar-refractivity contribution in [3.63, 3.8) is 0 Å². The second-order valence-corrected chi connectivity index (χ2v) is 6.31. The Morgan fingerprint density at radius 1 is 1.29 bits per heavy atom. The van der Waals surface area contributed by atoms with Gasteiger partial charge in [-0.15, -0.1) is 22.7 Å². The van der Waals surface area contributed by atoms with Crippen LogP contribution in [0, 0.1) is 6.92 Å². The molecule has 2 heterocycles. The Bertz CT molecular complexity index is 473. The van der Waals surface area contributed by atoms with Crippen molar-refractivity contribution in [1.82, 2.24) is 5.43 Å². The first-order chi connectivity index (χ1) is 8.24.